The Balaban J connectivity index is 1.43. The molecule has 2 aliphatic rings. The van der Waals surface area contributed by atoms with E-state index in [9.17, 15) is 18.4 Å². The molecule has 2 fully saturated rings. The summed E-state index contributed by atoms with van der Waals surface area (Å²) in [5, 5.41) is -0.480. The molecule has 0 atom stereocenters. The van der Waals surface area contributed by atoms with E-state index in [-0.39, 0.29) is 39.5 Å². The van der Waals surface area contributed by atoms with Crippen molar-refractivity contribution in [2.75, 3.05) is 33.3 Å². The van der Waals surface area contributed by atoms with Crippen LogP contribution in [0.3, 0.4) is 0 Å². The number of rotatable bonds is 3. The van der Waals surface area contributed by atoms with Crippen molar-refractivity contribution < 1.29 is 23.1 Å². The maximum absolute atomic E-state index is 14.7. The van der Waals surface area contributed by atoms with Gasteiger partial charge in [-0.2, -0.15) is 0 Å². The van der Waals surface area contributed by atoms with Crippen molar-refractivity contribution in [1.29, 1.82) is 0 Å². The van der Waals surface area contributed by atoms with Gasteiger partial charge in [0.05, 0.1) is 22.0 Å². The third kappa shape index (κ3) is 3.14. The minimum absolute atomic E-state index is 0.0182. The Morgan fingerprint density at radius 2 is 1.79 bits per heavy atom. The third-order valence-corrected chi connectivity index (χ3v) is 6.03. The highest BCUT2D eigenvalue weighted by molar-refractivity contribution is 6.35. The summed E-state index contributed by atoms with van der Waals surface area (Å²) < 4.78 is 33.5. The lowest BCUT2D eigenvalue weighted by molar-refractivity contribution is -0.144. The van der Waals surface area contributed by atoms with Crippen molar-refractivity contribution in [3.8, 4) is 0 Å². The lowest BCUT2D eigenvalue weighted by Crippen LogP contribution is -2.54. The lowest BCUT2D eigenvalue weighted by Gasteiger charge is -2.40. The molecular weight excluding hydrogens is 392 g/mol. The molecule has 1 aromatic carbocycles. The molecule has 1 aliphatic heterocycles. The van der Waals surface area contributed by atoms with Crippen LogP contribution in [-0.4, -0.2) is 66.0 Å². The number of benzene rings is 1. The highest BCUT2D eigenvalue weighted by atomic mass is 35.5. The smallest absolute Gasteiger partial charge is 0.273 e. The van der Waals surface area contributed by atoms with E-state index in [1.807, 2.05) is 0 Å². The maximum atomic E-state index is 14.7. The number of methoxy groups -OCH3 is 1. The number of aromatic amines is 1. The van der Waals surface area contributed by atoms with Gasteiger partial charge in [0.15, 0.2) is 5.82 Å². The first-order chi connectivity index (χ1) is 13.4. The predicted octanol–water partition coefficient (Wildman–Crippen LogP) is 2.81. The number of fused-ring (bicyclic) bond motifs is 1. The fraction of sp³-hybridized carbons (Fsp3) is 0.474. The largest absolute Gasteiger partial charge is 0.381 e. The molecule has 28 heavy (non-hydrogen) atoms. The van der Waals surface area contributed by atoms with Crippen LogP contribution < -0.4 is 0 Å². The number of piperazine rings is 1. The van der Waals surface area contributed by atoms with Gasteiger partial charge in [0, 0.05) is 39.2 Å². The number of halogens is 3. The third-order valence-electron chi connectivity index (χ3n) is 5.66. The summed E-state index contributed by atoms with van der Waals surface area (Å²) in [5.41, 5.74) is 0.0166. The number of nitrogens with one attached hydrogen (secondary N) is 1. The number of hydrogen-bond donors (Lipinski definition) is 1. The van der Waals surface area contributed by atoms with Crippen LogP contribution in [0, 0.1) is 17.6 Å². The molecule has 150 valence electrons. The zero-order chi connectivity index (χ0) is 20.0. The van der Waals surface area contributed by atoms with Crippen molar-refractivity contribution in [3.63, 3.8) is 0 Å². The molecule has 1 N–H and O–H groups in total. The molecule has 0 unspecified atom stereocenters. The molecule has 6 nitrogen and oxygen atoms in total. The molecule has 1 saturated heterocycles. The quantitative estimate of drug-likeness (QED) is 0.844. The van der Waals surface area contributed by atoms with Gasteiger partial charge >= 0.3 is 0 Å². The molecule has 2 amide bonds. The molecule has 2 aromatic rings. The average molecular weight is 412 g/mol. The van der Waals surface area contributed by atoms with Crippen molar-refractivity contribution in [1.82, 2.24) is 14.8 Å². The predicted molar refractivity (Wildman–Crippen MR) is 99.2 cm³/mol. The van der Waals surface area contributed by atoms with E-state index >= 15 is 0 Å². The molecule has 1 aromatic heterocycles. The zero-order valence-corrected chi connectivity index (χ0v) is 16.1. The molecular formula is C19H20ClF2N3O3. The Hall–Kier alpha value is -2.19. The summed E-state index contributed by atoms with van der Waals surface area (Å²) in [6.45, 7) is 1.41. The van der Waals surface area contributed by atoms with Gasteiger partial charge in [-0.1, -0.05) is 11.6 Å². The van der Waals surface area contributed by atoms with E-state index in [1.54, 1.807) is 12.0 Å². The summed E-state index contributed by atoms with van der Waals surface area (Å²) in [5.74, 6) is -2.07. The molecule has 1 aliphatic carbocycles. The monoisotopic (exact) mass is 411 g/mol. The van der Waals surface area contributed by atoms with Crippen LogP contribution in [0.4, 0.5) is 8.78 Å². The fourth-order valence-electron chi connectivity index (χ4n) is 3.84. The summed E-state index contributed by atoms with van der Waals surface area (Å²) in [6.07, 6.45) is 1.61. The van der Waals surface area contributed by atoms with Crippen LogP contribution in [0.25, 0.3) is 10.9 Å². The Labute approximate surface area is 165 Å². The number of aromatic nitrogens is 1. The van der Waals surface area contributed by atoms with Crippen molar-refractivity contribution in [2.24, 2.45) is 5.92 Å². The van der Waals surface area contributed by atoms with Crippen LogP contribution in [0.2, 0.25) is 5.02 Å². The number of nitrogens with zero attached hydrogens (tertiary/aromatic N) is 2. The SMILES string of the molecule is COC1CC(C(=O)N2CCN(C(=O)c3[nH]c4ccc(F)c(Cl)c4c3F)CC2)C1. The first-order valence-electron chi connectivity index (χ1n) is 9.16. The second-order valence-corrected chi connectivity index (χ2v) is 7.62. The number of ether oxygens (including phenoxy) is 1. The van der Waals surface area contributed by atoms with Crippen LogP contribution in [-0.2, 0) is 9.53 Å². The van der Waals surface area contributed by atoms with Crippen LogP contribution >= 0.6 is 11.6 Å². The van der Waals surface area contributed by atoms with E-state index < -0.39 is 17.5 Å². The van der Waals surface area contributed by atoms with Crippen LogP contribution in [0.1, 0.15) is 23.3 Å². The van der Waals surface area contributed by atoms with Gasteiger partial charge in [-0.15, -0.1) is 0 Å². The Morgan fingerprint density at radius 3 is 2.43 bits per heavy atom. The van der Waals surface area contributed by atoms with E-state index in [0.29, 0.717) is 26.2 Å². The number of hydrogen-bond acceptors (Lipinski definition) is 3. The summed E-state index contributed by atoms with van der Waals surface area (Å²) in [6, 6.07) is 2.47. The molecule has 2 heterocycles. The van der Waals surface area contributed by atoms with Crippen LogP contribution in [0.5, 0.6) is 0 Å². The first kappa shape index (κ1) is 19.1. The minimum atomic E-state index is -0.858. The number of amides is 2. The lowest BCUT2D eigenvalue weighted by atomic mass is 9.81. The van der Waals surface area contributed by atoms with E-state index in [2.05, 4.69) is 4.98 Å². The van der Waals surface area contributed by atoms with E-state index in [1.165, 1.54) is 11.0 Å². The van der Waals surface area contributed by atoms with E-state index in [4.69, 9.17) is 16.3 Å². The molecule has 0 bridgehead atoms. The highest BCUT2D eigenvalue weighted by Gasteiger charge is 2.38. The van der Waals surface area contributed by atoms with Gasteiger partial charge in [0.1, 0.15) is 11.5 Å². The summed E-state index contributed by atoms with van der Waals surface area (Å²) >= 11 is 5.85. The Bertz CT molecular complexity index is 934. The van der Waals surface area contributed by atoms with Crippen molar-refractivity contribution in [2.45, 2.75) is 18.9 Å². The standard InChI is InChI=1S/C19H20ClF2N3O3/c1-28-11-8-10(9-11)18(26)24-4-6-25(7-5-24)19(27)17-16(22)14-13(23-17)3-2-12(21)15(14)20/h2-3,10-11,23H,4-9H2,1H3. The van der Waals surface area contributed by atoms with E-state index in [0.717, 1.165) is 18.9 Å². The average Bonchev–Trinajstić information content (AvgIpc) is 3.00. The molecule has 9 heteroatoms. The van der Waals surface area contributed by atoms with Crippen LogP contribution in [0.15, 0.2) is 12.1 Å². The molecule has 1 saturated carbocycles. The Morgan fingerprint density at radius 1 is 1.14 bits per heavy atom. The van der Waals surface area contributed by atoms with Gasteiger partial charge in [-0.25, -0.2) is 8.78 Å². The number of carbonyl (C=O) groups is 2. The topological polar surface area (TPSA) is 65.6 Å². The van der Waals surface area contributed by atoms with Crippen molar-refractivity contribution >= 4 is 34.3 Å². The van der Waals surface area contributed by atoms with Gasteiger partial charge in [-0.3, -0.25) is 9.59 Å². The molecule has 0 radical (unpaired) electrons. The summed E-state index contributed by atoms with van der Waals surface area (Å²) in [7, 11) is 1.64. The fourth-order valence-corrected chi connectivity index (χ4v) is 4.09. The normalized spacial score (nSPS) is 22.4. The highest BCUT2D eigenvalue weighted by Crippen LogP contribution is 2.32. The summed E-state index contributed by atoms with van der Waals surface area (Å²) in [4.78, 5) is 31.2. The zero-order valence-electron chi connectivity index (χ0n) is 15.3. The minimum Gasteiger partial charge on any atom is -0.381 e. The number of carbonyl (C=O) groups excluding carboxylic acids is 2. The molecule has 4 rings (SSSR count). The van der Waals surface area contributed by atoms with Gasteiger partial charge in [-0.05, 0) is 25.0 Å². The molecule has 0 spiro atoms. The van der Waals surface area contributed by atoms with Crippen molar-refractivity contribution in [3.05, 3.63) is 34.5 Å². The Kier molecular flexibility index (Phi) is 5.01. The van der Waals surface area contributed by atoms with Gasteiger partial charge < -0.3 is 19.5 Å². The number of H-pyrrole nitrogens is 1. The van der Waals surface area contributed by atoms with Gasteiger partial charge in [0.2, 0.25) is 5.91 Å². The van der Waals surface area contributed by atoms with Gasteiger partial charge in [0.25, 0.3) is 5.91 Å². The second kappa shape index (κ2) is 7.33. The second-order valence-electron chi connectivity index (χ2n) is 7.24. The first-order valence-corrected chi connectivity index (χ1v) is 9.54. The maximum Gasteiger partial charge on any atom is 0.273 e.